The number of benzene rings is 3. The van der Waals surface area contributed by atoms with Crippen LogP contribution in [0.1, 0.15) is 37.3 Å². The van der Waals surface area contributed by atoms with Crippen LogP contribution >= 0.6 is 0 Å². The van der Waals surface area contributed by atoms with Crippen molar-refractivity contribution >= 4 is 26.7 Å². The SMILES string of the molecule is CCC(C)c1ccc(OCC(=O)Cc2ccc(S(=O)(=O)O)c3ccccc23)cc1. The highest BCUT2D eigenvalue weighted by Crippen LogP contribution is 2.27. The van der Waals surface area contributed by atoms with Crippen LogP contribution in [0, 0.1) is 0 Å². The molecule has 1 atom stereocenters. The number of Topliss-reactive ketones (excluding diaryl/α,β-unsaturated/α-hetero) is 1. The number of fused-ring (bicyclic) bond motifs is 1. The van der Waals surface area contributed by atoms with Gasteiger partial charge in [0.1, 0.15) is 17.3 Å². The number of carbonyl (C=O) groups excluding carboxylic acids is 1. The Labute approximate surface area is 171 Å². The van der Waals surface area contributed by atoms with Crippen LogP contribution in [-0.4, -0.2) is 25.4 Å². The number of rotatable bonds is 8. The lowest BCUT2D eigenvalue weighted by molar-refractivity contribution is -0.120. The summed E-state index contributed by atoms with van der Waals surface area (Å²) in [5.41, 5.74) is 1.92. The van der Waals surface area contributed by atoms with Crippen LogP contribution < -0.4 is 4.74 Å². The standard InChI is InChI=1S/C23H24O5S/c1-3-16(2)17-8-11-20(12-9-17)28-15-19(24)14-18-10-13-23(29(25,26)27)22-7-5-4-6-21(18)22/h4-13,16H,3,14-15H2,1-2H3,(H,25,26,27). The van der Waals surface area contributed by atoms with Crippen molar-refractivity contribution in [2.24, 2.45) is 0 Å². The highest BCUT2D eigenvalue weighted by molar-refractivity contribution is 7.86. The molecule has 0 amide bonds. The molecular formula is C23H24O5S. The molecule has 0 saturated carbocycles. The zero-order chi connectivity index (χ0) is 21.0. The van der Waals surface area contributed by atoms with Crippen LogP contribution in [0.3, 0.4) is 0 Å². The second-order valence-electron chi connectivity index (χ2n) is 7.13. The van der Waals surface area contributed by atoms with E-state index in [-0.39, 0.29) is 23.7 Å². The van der Waals surface area contributed by atoms with Gasteiger partial charge in [0.25, 0.3) is 10.1 Å². The lowest BCUT2D eigenvalue weighted by Gasteiger charge is -2.11. The molecule has 3 aromatic rings. The van der Waals surface area contributed by atoms with E-state index < -0.39 is 10.1 Å². The van der Waals surface area contributed by atoms with Gasteiger partial charge >= 0.3 is 0 Å². The molecule has 0 aliphatic heterocycles. The number of hydrogen-bond donors (Lipinski definition) is 1. The molecule has 0 radical (unpaired) electrons. The van der Waals surface area contributed by atoms with Crippen LogP contribution in [0.4, 0.5) is 0 Å². The summed E-state index contributed by atoms with van der Waals surface area (Å²) < 4.78 is 38.2. The minimum Gasteiger partial charge on any atom is -0.486 e. The van der Waals surface area contributed by atoms with E-state index in [9.17, 15) is 17.8 Å². The molecule has 0 spiro atoms. The molecule has 5 nitrogen and oxygen atoms in total. The zero-order valence-electron chi connectivity index (χ0n) is 16.5. The van der Waals surface area contributed by atoms with E-state index >= 15 is 0 Å². The van der Waals surface area contributed by atoms with Crippen molar-refractivity contribution in [3.63, 3.8) is 0 Å². The summed E-state index contributed by atoms with van der Waals surface area (Å²) in [7, 11) is -4.34. The first-order valence-electron chi connectivity index (χ1n) is 9.52. The summed E-state index contributed by atoms with van der Waals surface area (Å²) in [5, 5.41) is 1.01. The van der Waals surface area contributed by atoms with Crippen molar-refractivity contribution in [3.8, 4) is 5.75 Å². The van der Waals surface area contributed by atoms with Crippen LogP contribution in [0.25, 0.3) is 10.8 Å². The van der Waals surface area contributed by atoms with Crippen LogP contribution in [0.15, 0.2) is 65.6 Å². The van der Waals surface area contributed by atoms with E-state index in [1.165, 1.54) is 11.6 Å². The van der Waals surface area contributed by atoms with Crippen molar-refractivity contribution in [1.29, 1.82) is 0 Å². The Balaban J connectivity index is 1.72. The summed E-state index contributed by atoms with van der Waals surface area (Å²) in [6, 6.07) is 17.4. The number of ether oxygens (including phenoxy) is 1. The Bertz CT molecular complexity index is 1120. The molecule has 3 aromatic carbocycles. The second kappa shape index (κ2) is 8.76. The first kappa shape index (κ1) is 21.0. The topological polar surface area (TPSA) is 80.7 Å². The fourth-order valence-electron chi connectivity index (χ4n) is 3.27. The fourth-order valence-corrected chi connectivity index (χ4v) is 3.96. The van der Waals surface area contributed by atoms with Gasteiger partial charge in [0, 0.05) is 11.8 Å². The van der Waals surface area contributed by atoms with Crippen molar-refractivity contribution in [3.05, 3.63) is 71.8 Å². The van der Waals surface area contributed by atoms with Crippen LogP contribution in [0.2, 0.25) is 0 Å². The molecule has 0 fully saturated rings. The Morgan fingerprint density at radius 2 is 1.66 bits per heavy atom. The Morgan fingerprint density at radius 3 is 2.28 bits per heavy atom. The predicted molar refractivity (Wildman–Crippen MR) is 113 cm³/mol. The molecule has 6 heteroatoms. The average Bonchev–Trinajstić information content (AvgIpc) is 2.71. The summed E-state index contributed by atoms with van der Waals surface area (Å²) in [5.74, 6) is 0.988. The first-order valence-corrected chi connectivity index (χ1v) is 11.0. The fraction of sp³-hybridized carbons (Fsp3) is 0.261. The smallest absolute Gasteiger partial charge is 0.295 e. The van der Waals surface area contributed by atoms with Gasteiger partial charge in [-0.25, -0.2) is 0 Å². The third-order valence-electron chi connectivity index (χ3n) is 5.10. The molecule has 3 rings (SSSR count). The monoisotopic (exact) mass is 412 g/mol. The summed E-state index contributed by atoms with van der Waals surface area (Å²) in [4.78, 5) is 12.3. The average molecular weight is 413 g/mol. The third-order valence-corrected chi connectivity index (χ3v) is 6.01. The van der Waals surface area contributed by atoms with Crippen LogP contribution in [-0.2, 0) is 21.3 Å². The van der Waals surface area contributed by atoms with E-state index in [0.717, 1.165) is 6.42 Å². The third kappa shape index (κ3) is 5.02. The molecule has 152 valence electrons. The minimum absolute atomic E-state index is 0.0724. The largest absolute Gasteiger partial charge is 0.486 e. The van der Waals surface area contributed by atoms with Gasteiger partial charge in [0.2, 0.25) is 0 Å². The van der Waals surface area contributed by atoms with Gasteiger partial charge < -0.3 is 4.74 Å². The van der Waals surface area contributed by atoms with Crippen LogP contribution in [0.5, 0.6) is 5.75 Å². The highest BCUT2D eigenvalue weighted by Gasteiger charge is 2.17. The van der Waals surface area contributed by atoms with E-state index in [4.69, 9.17) is 4.74 Å². The maximum Gasteiger partial charge on any atom is 0.295 e. The Kier molecular flexibility index (Phi) is 6.35. The number of ketones is 1. The van der Waals surface area contributed by atoms with E-state index in [2.05, 4.69) is 13.8 Å². The van der Waals surface area contributed by atoms with Crippen molar-refractivity contribution in [2.45, 2.75) is 37.5 Å². The normalized spacial score (nSPS) is 12.7. The molecule has 1 N–H and O–H groups in total. The maximum absolute atomic E-state index is 12.4. The molecule has 0 aliphatic carbocycles. The molecule has 1 unspecified atom stereocenters. The summed E-state index contributed by atoms with van der Waals surface area (Å²) >= 11 is 0. The van der Waals surface area contributed by atoms with Gasteiger partial charge in [-0.3, -0.25) is 9.35 Å². The lowest BCUT2D eigenvalue weighted by atomic mass is 9.99. The quantitative estimate of drug-likeness (QED) is 0.538. The molecular weight excluding hydrogens is 388 g/mol. The van der Waals surface area contributed by atoms with Crippen molar-refractivity contribution in [1.82, 2.24) is 0 Å². The molecule has 0 aromatic heterocycles. The lowest BCUT2D eigenvalue weighted by Crippen LogP contribution is -2.14. The van der Waals surface area contributed by atoms with Gasteiger partial charge in [-0.15, -0.1) is 0 Å². The Hall–Kier alpha value is -2.70. The van der Waals surface area contributed by atoms with Gasteiger partial charge in [0.05, 0.1) is 0 Å². The molecule has 29 heavy (non-hydrogen) atoms. The molecule has 0 aliphatic rings. The van der Waals surface area contributed by atoms with E-state index in [1.807, 2.05) is 24.3 Å². The maximum atomic E-state index is 12.4. The highest BCUT2D eigenvalue weighted by atomic mass is 32.2. The number of hydrogen-bond acceptors (Lipinski definition) is 4. The summed E-state index contributed by atoms with van der Waals surface area (Å²) in [6.07, 6.45) is 1.17. The summed E-state index contributed by atoms with van der Waals surface area (Å²) in [6.45, 7) is 4.23. The molecule has 0 heterocycles. The second-order valence-corrected chi connectivity index (χ2v) is 8.52. The first-order chi connectivity index (χ1) is 13.8. The van der Waals surface area contributed by atoms with Crippen molar-refractivity contribution in [2.75, 3.05) is 6.61 Å². The van der Waals surface area contributed by atoms with Gasteiger partial charge in [-0.2, -0.15) is 8.42 Å². The van der Waals surface area contributed by atoms with Gasteiger partial charge in [0.15, 0.2) is 5.78 Å². The molecule has 0 saturated heterocycles. The molecule has 0 bridgehead atoms. The predicted octanol–water partition coefficient (Wildman–Crippen LogP) is 4.79. The zero-order valence-corrected chi connectivity index (χ0v) is 17.3. The number of carbonyl (C=O) groups is 1. The van der Waals surface area contributed by atoms with E-state index in [0.29, 0.717) is 28.0 Å². The minimum atomic E-state index is -4.34. The van der Waals surface area contributed by atoms with Gasteiger partial charge in [-0.05, 0) is 47.1 Å². The van der Waals surface area contributed by atoms with Crippen molar-refractivity contribution < 1.29 is 22.5 Å². The van der Waals surface area contributed by atoms with Gasteiger partial charge in [-0.1, -0.05) is 56.3 Å². The Morgan fingerprint density at radius 1 is 1.00 bits per heavy atom. The van der Waals surface area contributed by atoms with E-state index in [1.54, 1.807) is 30.3 Å².